The maximum Gasteiger partial charge on any atom is 0.126 e. The lowest BCUT2D eigenvalue weighted by molar-refractivity contribution is 0.616. The van der Waals surface area contributed by atoms with E-state index >= 15 is 0 Å². The van der Waals surface area contributed by atoms with E-state index in [4.69, 9.17) is 11.6 Å². The summed E-state index contributed by atoms with van der Waals surface area (Å²) in [4.78, 5) is 0. The summed E-state index contributed by atoms with van der Waals surface area (Å²) in [5.41, 5.74) is 2.63. The van der Waals surface area contributed by atoms with Gasteiger partial charge < -0.3 is 0 Å². The van der Waals surface area contributed by atoms with Crippen molar-refractivity contribution in [2.24, 2.45) is 0 Å². The number of rotatable bonds is 2. The molecule has 0 saturated carbocycles. The van der Waals surface area contributed by atoms with Gasteiger partial charge in [0, 0.05) is 5.02 Å². The van der Waals surface area contributed by atoms with Gasteiger partial charge in [-0.25, -0.2) is 4.39 Å². The summed E-state index contributed by atoms with van der Waals surface area (Å²) in [6.07, 6.45) is 0.664. The smallest absolute Gasteiger partial charge is 0.126 e. The van der Waals surface area contributed by atoms with Gasteiger partial charge in [-0.3, -0.25) is 0 Å². The third-order valence-electron chi connectivity index (χ3n) is 2.59. The summed E-state index contributed by atoms with van der Waals surface area (Å²) in [5.74, 6) is -0.162. The first-order chi connectivity index (χ1) is 7.66. The lowest BCUT2D eigenvalue weighted by Gasteiger charge is -2.05. The molecular weight excluding hydrogens is 223 g/mol. The van der Waals surface area contributed by atoms with Crippen molar-refractivity contribution in [2.45, 2.75) is 13.3 Å². The van der Waals surface area contributed by atoms with E-state index in [1.165, 1.54) is 0 Å². The van der Waals surface area contributed by atoms with Crippen molar-refractivity contribution in [2.75, 3.05) is 0 Å². The molecule has 0 aliphatic carbocycles. The highest BCUT2D eigenvalue weighted by molar-refractivity contribution is 6.31. The highest BCUT2D eigenvalue weighted by atomic mass is 35.5. The normalized spacial score (nSPS) is 10.4. The molecule has 2 aromatic carbocycles. The summed E-state index contributed by atoms with van der Waals surface area (Å²) < 4.78 is 13.3. The molecule has 2 heteroatoms. The van der Waals surface area contributed by atoms with Gasteiger partial charge in [0.05, 0.1) is 0 Å². The lowest BCUT2D eigenvalue weighted by Crippen LogP contribution is -1.91. The SMILES string of the molecule is Cc1ccc(Cc2ccccc2Cl)cc1F. The third-order valence-corrected chi connectivity index (χ3v) is 2.96. The van der Waals surface area contributed by atoms with Gasteiger partial charge in [-0.1, -0.05) is 41.9 Å². The Bertz CT molecular complexity index is 506. The molecule has 0 amide bonds. The van der Waals surface area contributed by atoms with Gasteiger partial charge >= 0.3 is 0 Å². The van der Waals surface area contributed by atoms with E-state index < -0.39 is 0 Å². The van der Waals surface area contributed by atoms with Gasteiger partial charge in [-0.05, 0) is 42.2 Å². The van der Waals surface area contributed by atoms with Gasteiger partial charge in [-0.2, -0.15) is 0 Å². The molecule has 0 fully saturated rings. The fourth-order valence-corrected chi connectivity index (χ4v) is 1.81. The molecule has 0 aliphatic heterocycles. The van der Waals surface area contributed by atoms with Crippen LogP contribution in [0.5, 0.6) is 0 Å². The molecule has 0 bridgehead atoms. The molecular formula is C14H12ClF. The van der Waals surface area contributed by atoms with Crippen molar-refractivity contribution in [3.8, 4) is 0 Å². The predicted octanol–water partition coefficient (Wildman–Crippen LogP) is 4.38. The average Bonchev–Trinajstić information content (AvgIpc) is 2.27. The van der Waals surface area contributed by atoms with Gasteiger partial charge in [-0.15, -0.1) is 0 Å². The van der Waals surface area contributed by atoms with Crippen LogP contribution < -0.4 is 0 Å². The van der Waals surface area contributed by atoms with Crippen LogP contribution in [0.15, 0.2) is 42.5 Å². The minimum Gasteiger partial charge on any atom is -0.207 e. The minimum atomic E-state index is -0.162. The molecule has 0 spiro atoms. The van der Waals surface area contributed by atoms with Gasteiger partial charge in [0.2, 0.25) is 0 Å². The van der Waals surface area contributed by atoms with Crippen molar-refractivity contribution in [1.29, 1.82) is 0 Å². The second kappa shape index (κ2) is 4.67. The van der Waals surface area contributed by atoms with Crippen LogP contribution in [0.2, 0.25) is 5.02 Å². The van der Waals surface area contributed by atoms with E-state index in [0.717, 1.165) is 16.1 Å². The number of hydrogen-bond acceptors (Lipinski definition) is 0. The van der Waals surface area contributed by atoms with Crippen LogP contribution in [0.1, 0.15) is 16.7 Å². The summed E-state index contributed by atoms with van der Waals surface area (Å²) in [6.45, 7) is 1.76. The van der Waals surface area contributed by atoms with Gasteiger partial charge in [0.1, 0.15) is 5.82 Å². The van der Waals surface area contributed by atoms with Crippen molar-refractivity contribution in [1.82, 2.24) is 0 Å². The van der Waals surface area contributed by atoms with Gasteiger partial charge in [0.25, 0.3) is 0 Å². The fraction of sp³-hybridized carbons (Fsp3) is 0.143. The Kier molecular flexibility index (Phi) is 3.25. The highest BCUT2D eigenvalue weighted by Gasteiger charge is 2.03. The number of aryl methyl sites for hydroxylation is 1. The van der Waals surface area contributed by atoms with Crippen molar-refractivity contribution >= 4 is 11.6 Å². The second-order valence-corrected chi connectivity index (χ2v) is 4.26. The summed E-state index contributed by atoms with van der Waals surface area (Å²) >= 11 is 6.05. The Hall–Kier alpha value is -1.34. The summed E-state index contributed by atoms with van der Waals surface area (Å²) in [6, 6.07) is 12.9. The molecule has 16 heavy (non-hydrogen) atoms. The summed E-state index contributed by atoms with van der Waals surface area (Å²) in [5, 5.41) is 0.725. The summed E-state index contributed by atoms with van der Waals surface area (Å²) in [7, 11) is 0. The van der Waals surface area contributed by atoms with Crippen LogP contribution in [0.4, 0.5) is 4.39 Å². The Balaban J connectivity index is 2.28. The van der Waals surface area contributed by atoms with E-state index in [1.54, 1.807) is 19.1 Å². The van der Waals surface area contributed by atoms with Crippen LogP contribution in [-0.4, -0.2) is 0 Å². The topological polar surface area (TPSA) is 0 Å². The zero-order valence-electron chi connectivity index (χ0n) is 9.00. The van der Waals surface area contributed by atoms with Crippen LogP contribution in [-0.2, 0) is 6.42 Å². The predicted molar refractivity (Wildman–Crippen MR) is 65.4 cm³/mol. The van der Waals surface area contributed by atoms with E-state index in [2.05, 4.69) is 0 Å². The maximum absolute atomic E-state index is 13.3. The lowest BCUT2D eigenvalue weighted by atomic mass is 10.0. The van der Waals surface area contributed by atoms with E-state index in [9.17, 15) is 4.39 Å². The molecule has 0 aliphatic rings. The first-order valence-electron chi connectivity index (χ1n) is 5.15. The van der Waals surface area contributed by atoms with E-state index in [-0.39, 0.29) is 5.82 Å². The van der Waals surface area contributed by atoms with Crippen molar-refractivity contribution < 1.29 is 4.39 Å². The minimum absolute atomic E-state index is 0.162. The van der Waals surface area contributed by atoms with Crippen LogP contribution in [0, 0.1) is 12.7 Å². The zero-order chi connectivity index (χ0) is 11.5. The van der Waals surface area contributed by atoms with Gasteiger partial charge in [0.15, 0.2) is 0 Å². The number of hydrogen-bond donors (Lipinski definition) is 0. The first kappa shape index (κ1) is 11.2. The molecule has 82 valence electrons. The molecule has 2 aromatic rings. The quantitative estimate of drug-likeness (QED) is 0.724. The molecule has 0 N–H and O–H groups in total. The monoisotopic (exact) mass is 234 g/mol. The largest absolute Gasteiger partial charge is 0.207 e. The molecule has 0 saturated heterocycles. The number of halogens is 2. The van der Waals surface area contributed by atoms with Crippen LogP contribution in [0.3, 0.4) is 0 Å². The molecule has 0 unspecified atom stereocenters. The first-order valence-corrected chi connectivity index (χ1v) is 5.53. The van der Waals surface area contributed by atoms with Crippen molar-refractivity contribution in [3.63, 3.8) is 0 Å². The fourth-order valence-electron chi connectivity index (χ4n) is 1.61. The van der Waals surface area contributed by atoms with E-state index in [1.807, 2.05) is 30.3 Å². The Morgan fingerprint density at radius 2 is 1.88 bits per heavy atom. The maximum atomic E-state index is 13.3. The number of benzene rings is 2. The zero-order valence-corrected chi connectivity index (χ0v) is 9.76. The Labute approximate surface area is 99.7 Å². The molecule has 0 nitrogen and oxygen atoms in total. The molecule has 0 atom stereocenters. The van der Waals surface area contributed by atoms with Crippen LogP contribution in [0.25, 0.3) is 0 Å². The average molecular weight is 235 g/mol. The molecule has 2 rings (SSSR count). The van der Waals surface area contributed by atoms with E-state index in [0.29, 0.717) is 12.0 Å². The molecule has 0 heterocycles. The highest BCUT2D eigenvalue weighted by Crippen LogP contribution is 2.20. The standard InChI is InChI=1S/C14H12ClF/c1-10-6-7-11(9-14(10)16)8-12-4-2-3-5-13(12)15/h2-7,9H,8H2,1H3. The molecule has 0 radical (unpaired) electrons. The van der Waals surface area contributed by atoms with Crippen molar-refractivity contribution in [3.05, 3.63) is 70.0 Å². The third kappa shape index (κ3) is 2.42. The second-order valence-electron chi connectivity index (χ2n) is 3.85. The Morgan fingerprint density at radius 1 is 1.12 bits per heavy atom. The van der Waals surface area contributed by atoms with Crippen LogP contribution >= 0.6 is 11.6 Å². The Morgan fingerprint density at radius 3 is 2.56 bits per heavy atom. The molecule has 0 aromatic heterocycles.